The van der Waals surface area contributed by atoms with E-state index in [0.717, 1.165) is 12.0 Å². The van der Waals surface area contributed by atoms with Crippen molar-refractivity contribution >= 4 is 6.21 Å². The molecule has 103 valence electrons. The van der Waals surface area contributed by atoms with E-state index in [-0.39, 0.29) is 12.2 Å². The third kappa shape index (κ3) is 3.63. The molecule has 0 amide bonds. The van der Waals surface area contributed by atoms with Crippen LogP contribution in [-0.4, -0.2) is 6.21 Å². The molecule has 2 aromatic rings. The maximum Gasteiger partial charge on any atom is 0.148 e. The summed E-state index contributed by atoms with van der Waals surface area (Å²) in [7, 11) is 0. The molecule has 0 unspecified atom stereocenters. The average Bonchev–Trinajstić information content (AvgIpc) is 2.46. The van der Waals surface area contributed by atoms with Gasteiger partial charge in [-0.15, -0.1) is 0 Å². The second-order valence-corrected chi connectivity index (χ2v) is 4.23. The average molecular weight is 274 g/mol. The molecule has 2 nitrogen and oxygen atoms in total. The largest absolute Gasteiger partial charge is 0.390 e. The predicted octanol–water partition coefficient (Wildman–Crippen LogP) is 3.95. The molecule has 0 spiro atoms. The summed E-state index contributed by atoms with van der Waals surface area (Å²) >= 11 is 0. The van der Waals surface area contributed by atoms with Gasteiger partial charge < -0.3 is 4.84 Å². The Kier molecular flexibility index (Phi) is 4.82. The third-order valence-electron chi connectivity index (χ3n) is 2.87. The van der Waals surface area contributed by atoms with E-state index in [4.69, 9.17) is 4.84 Å². The summed E-state index contributed by atoms with van der Waals surface area (Å²) in [5.41, 5.74) is 1.82. The molecule has 4 heteroatoms. The first-order valence-corrected chi connectivity index (χ1v) is 6.30. The van der Waals surface area contributed by atoms with Crippen molar-refractivity contribution in [3.05, 3.63) is 70.8 Å². The van der Waals surface area contributed by atoms with E-state index in [1.165, 1.54) is 23.8 Å². The first-order valence-electron chi connectivity index (χ1n) is 6.30. The van der Waals surface area contributed by atoms with Gasteiger partial charge in [-0.1, -0.05) is 42.4 Å². The summed E-state index contributed by atoms with van der Waals surface area (Å²) in [4.78, 5) is 4.88. The van der Waals surface area contributed by atoms with Crippen molar-refractivity contribution in [1.29, 1.82) is 0 Å². The van der Waals surface area contributed by atoms with Gasteiger partial charge in [-0.3, -0.25) is 0 Å². The van der Waals surface area contributed by atoms with Crippen molar-refractivity contribution in [3.8, 4) is 0 Å². The van der Waals surface area contributed by atoms with Gasteiger partial charge in [0.1, 0.15) is 24.5 Å². The van der Waals surface area contributed by atoms with Gasteiger partial charge in [0, 0.05) is 5.56 Å². The molecular weight excluding hydrogens is 260 g/mol. The number of halogens is 2. The maximum atomic E-state index is 13.3. The Hall–Kier alpha value is -2.23. The minimum absolute atomic E-state index is 0.139. The van der Waals surface area contributed by atoms with E-state index in [2.05, 4.69) is 18.3 Å². The topological polar surface area (TPSA) is 21.6 Å². The Morgan fingerprint density at radius 1 is 1.05 bits per heavy atom. The highest BCUT2D eigenvalue weighted by Crippen LogP contribution is 2.13. The number of aryl methyl sites for hydroxylation is 1. The summed E-state index contributed by atoms with van der Waals surface area (Å²) in [5, 5.41) is 3.59. The van der Waals surface area contributed by atoms with Crippen LogP contribution in [0.25, 0.3) is 0 Å². The summed E-state index contributed by atoms with van der Waals surface area (Å²) in [5.74, 6) is -1.29. The third-order valence-corrected chi connectivity index (χ3v) is 2.87. The smallest absolute Gasteiger partial charge is 0.148 e. The Labute approximate surface area is 116 Å². The first kappa shape index (κ1) is 14.2. The van der Waals surface area contributed by atoms with Crippen molar-refractivity contribution in [2.45, 2.75) is 20.0 Å². The molecule has 0 aromatic heterocycles. The van der Waals surface area contributed by atoms with Crippen molar-refractivity contribution < 1.29 is 13.6 Å². The van der Waals surface area contributed by atoms with Crippen LogP contribution >= 0.6 is 0 Å². The van der Waals surface area contributed by atoms with E-state index in [0.29, 0.717) is 0 Å². The van der Waals surface area contributed by atoms with Crippen LogP contribution in [0.1, 0.15) is 23.6 Å². The molecule has 0 saturated heterocycles. The predicted molar refractivity (Wildman–Crippen MR) is 73.5 cm³/mol. The Morgan fingerprint density at radius 2 is 1.70 bits per heavy atom. The van der Waals surface area contributed by atoms with Crippen LogP contribution in [-0.2, 0) is 17.9 Å². The fourth-order valence-corrected chi connectivity index (χ4v) is 1.67. The monoisotopic (exact) mass is 274 g/mol. The highest BCUT2D eigenvalue weighted by molar-refractivity contribution is 5.79. The van der Waals surface area contributed by atoms with Gasteiger partial charge in [-0.25, -0.2) is 8.78 Å². The molecule has 20 heavy (non-hydrogen) atoms. The van der Waals surface area contributed by atoms with E-state index >= 15 is 0 Å². The van der Waals surface area contributed by atoms with Crippen LogP contribution in [0.4, 0.5) is 8.78 Å². The van der Waals surface area contributed by atoms with Gasteiger partial charge in [0.2, 0.25) is 0 Å². The highest BCUT2D eigenvalue weighted by Gasteiger charge is 2.08. The summed E-state index contributed by atoms with van der Waals surface area (Å²) in [6.07, 6.45) is 3.62. The van der Waals surface area contributed by atoms with E-state index in [9.17, 15) is 8.78 Å². The number of hydrogen-bond acceptors (Lipinski definition) is 2. The zero-order chi connectivity index (χ0) is 14.4. The van der Waals surface area contributed by atoms with Crippen LogP contribution in [0, 0.1) is 11.6 Å². The minimum atomic E-state index is -0.646. The Bertz CT molecular complexity index is 574. The van der Waals surface area contributed by atoms with E-state index in [1.807, 2.05) is 24.3 Å². The number of hydrogen-bond donors (Lipinski definition) is 0. The molecule has 0 saturated carbocycles. The fraction of sp³-hybridized carbons (Fsp3) is 0.188. The van der Waals surface area contributed by atoms with Crippen LogP contribution in [0.2, 0.25) is 0 Å². The van der Waals surface area contributed by atoms with Crippen molar-refractivity contribution in [2.24, 2.45) is 5.16 Å². The summed E-state index contributed by atoms with van der Waals surface area (Å²) in [6.45, 7) is 1.80. The van der Waals surface area contributed by atoms with E-state index < -0.39 is 11.6 Å². The number of nitrogens with zero attached hydrogens (tertiary/aromatic N) is 1. The molecule has 1 radical (unpaired) electrons. The fourth-order valence-electron chi connectivity index (χ4n) is 1.67. The maximum absolute atomic E-state index is 13.3. The van der Waals surface area contributed by atoms with Crippen LogP contribution in [0.5, 0.6) is 0 Å². The van der Waals surface area contributed by atoms with Crippen LogP contribution in [0.3, 0.4) is 0 Å². The molecule has 0 aliphatic carbocycles. The van der Waals surface area contributed by atoms with Crippen molar-refractivity contribution in [3.63, 3.8) is 0 Å². The molecule has 2 aromatic carbocycles. The van der Waals surface area contributed by atoms with Gasteiger partial charge in [0.15, 0.2) is 0 Å². The first-order chi connectivity index (χ1) is 9.70. The number of rotatable bonds is 5. The zero-order valence-corrected chi connectivity index (χ0v) is 11.1. The highest BCUT2D eigenvalue weighted by atomic mass is 19.1. The van der Waals surface area contributed by atoms with Gasteiger partial charge in [0.25, 0.3) is 0 Å². The second-order valence-electron chi connectivity index (χ2n) is 4.23. The summed E-state index contributed by atoms with van der Waals surface area (Å²) in [6, 6.07) is 11.3. The van der Waals surface area contributed by atoms with Crippen molar-refractivity contribution in [1.82, 2.24) is 0 Å². The standard InChI is InChI=1S/C16H14F2NO/c1-2-12-6-8-13(9-7-12)10-19-20-11-14-15(17)4-3-5-16(14)18/h3-9H,2,11H2,1H3. The lowest BCUT2D eigenvalue weighted by Gasteiger charge is -2.02. The quantitative estimate of drug-likeness (QED) is 0.597. The van der Waals surface area contributed by atoms with Gasteiger partial charge >= 0.3 is 0 Å². The second kappa shape index (κ2) is 6.80. The molecule has 0 aliphatic rings. The lowest BCUT2D eigenvalue weighted by Crippen LogP contribution is -1.96. The van der Waals surface area contributed by atoms with Gasteiger partial charge in [-0.05, 0) is 24.1 Å². The Balaban J connectivity index is 1.93. The van der Waals surface area contributed by atoms with Crippen molar-refractivity contribution in [2.75, 3.05) is 0 Å². The normalized spacial score (nSPS) is 10.9. The number of benzene rings is 2. The summed E-state index contributed by atoms with van der Waals surface area (Å²) < 4.78 is 26.6. The lowest BCUT2D eigenvalue weighted by molar-refractivity contribution is 0.126. The van der Waals surface area contributed by atoms with E-state index in [1.54, 1.807) is 0 Å². The zero-order valence-electron chi connectivity index (χ0n) is 11.1. The Morgan fingerprint density at radius 3 is 2.30 bits per heavy atom. The molecule has 2 rings (SSSR count). The molecule has 0 N–H and O–H groups in total. The SMILES string of the molecule is CCc1ccc(/[C]=N\OCc2c(F)cccc2F)cc1. The lowest BCUT2D eigenvalue weighted by atomic mass is 10.1. The molecular formula is C16H14F2NO. The molecule has 0 bridgehead atoms. The minimum Gasteiger partial charge on any atom is -0.390 e. The van der Waals surface area contributed by atoms with Crippen LogP contribution in [0.15, 0.2) is 47.6 Å². The van der Waals surface area contributed by atoms with Gasteiger partial charge in [0.05, 0.1) is 5.56 Å². The molecule has 0 heterocycles. The van der Waals surface area contributed by atoms with Crippen LogP contribution < -0.4 is 0 Å². The molecule has 0 fully saturated rings. The molecule has 0 atom stereocenters. The molecule has 0 aliphatic heterocycles. The van der Waals surface area contributed by atoms with Gasteiger partial charge in [-0.2, -0.15) is 0 Å².